The van der Waals surface area contributed by atoms with Crippen LogP contribution in [0.1, 0.15) is 11.7 Å². The zero-order valence-electron chi connectivity index (χ0n) is 12.1. The highest BCUT2D eigenvalue weighted by atomic mass is 127. The van der Waals surface area contributed by atoms with Crippen LogP contribution in [0.15, 0.2) is 24.3 Å². The first-order valence-electron chi connectivity index (χ1n) is 6.49. The molecule has 2 aromatic rings. The zero-order valence-corrected chi connectivity index (χ0v) is 20.7. The molecule has 1 atom stereocenters. The number of amides is 1. The number of phenols is 1. The van der Waals surface area contributed by atoms with Crippen molar-refractivity contribution in [3.8, 4) is 17.2 Å². The van der Waals surface area contributed by atoms with Gasteiger partial charge in [-0.05, 0) is 120 Å². The van der Waals surface area contributed by atoms with Gasteiger partial charge in [-0.1, -0.05) is 0 Å². The number of benzene rings is 2. The minimum atomic E-state index is -1.22. The molecule has 0 bridgehead atoms. The number of likely N-dealkylation sites (N-methyl/N-ethyl adjacent to an activating group) is 1. The van der Waals surface area contributed by atoms with Crippen molar-refractivity contribution in [2.45, 2.75) is 6.10 Å². The molecule has 1 unspecified atom stereocenters. The van der Waals surface area contributed by atoms with Crippen molar-refractivity contribution in [2.24, 2.45) is 0 Å². The number of aliphatic hydroxyl groups is 1. The maximum Gasteiger partial charge on any atom is 0.253 e. The number of phenolic OH excluding ortho intramolecular Hbond substituents is 1. The maximum atomic E-state index is 11.6. The van der Waals surface area contributed by atoms with E-state index in [1.54, 1.807) is 24.3 Å². The predicted octanol–water partition coefficient (Wildman–Crippen LogP) is 4.38. The highest BCUT2D eigenvalue weighted by Crippen LogP contribution is 2.37. The highest BCUT2D eigenvalue weighted by Gasteiger charge is 2.20. The largest absolute Gasteiger partial charge is 0.506 e. The van der Waals surface area contributed by atoms with Crippen molar-refractivity contribution in [3.05, 3.63) is 44.1 Å². The van der Waals surface area contributed by atoms with Crippen LogP contribution in [-0.2, 0) is 4.79 Å². The van der Waals surface area contributed by atoms with Crippen molar-refractivity contribution in [1.82, 2.24) is 5.32 Å². The van der Waals surface area contributed by atoms with E-state index in [9.17, 15) is 15.0 Å². The normalized spacial score (nSPS) is 11.9. The molecular weight excluding hydrogens is 766 g/mol. The molecule has 0 radical (unpaired) electrons. The van der Waals surface area contributed by atoms with Crippen molar-refractivity contribution in [1.29, 1.82) is 0 Å². The molecule has 0 heterocycles. The van der Waals surface area contributed by atoms with E-state index in [0.29, 0.717) is 24.2 Å². The summed E-state index contributed by atoms with van der Waals surface area (Å²) in [6.07, 6.45) is -1.22. The summed E-state index contributed by atoms with van der Waals surface area (Å²) >= 11 is 8.30. The Morgan fingerprint density at radius 2 is 1.54 bits per heavy atom. The van der Waals surface area contributed by atoms with E-state index in [2.05, 4.69) is 50.5 Å². The summed E-state index contributed by atoms with van der Waals surface area (Å²) in [6.45, 7) is 0. The van der Waals surface area contributed by atoms with E-state index in [4.69, 9.17) is 4.74 Å². The van der Waals surface area contributed by atoms with Crippen molar-refractivity contribution in [3.63, 3.8) is 0 Å². The van der Waals surface area contributed by atoms with Crippen LogP contribution in [0, 0.1) is 14.3 Å². The first-order chi connectivity index (χ1) is 11.2. The summed E-state index contributed by atoms with van der Waals surface area (Å²) in [5.74, 6) is 1.02. The number of aromatic hydroxyl groups is 1. The van der Waals surface area contributed by atoms with Crippen LogP contribution in [-0.4, -0.2) is 23.2 Å². The average molecular weight is 777 g/mol. The second kappa shape index (κ2) is 8.85. The molecule has 0 fully saturated rings. The van der Waals surface area contributed by atoms with Crippen LogP contribution in [0.3, 0.4) is 0 Å². The summed E-state index contributed by atoms with van der Waals surface area (Å²) in [5.41, 5.74) is 0.505. The molecule has 3 N–H and O–H groups in total. The third-order valence-electron chi connectivity index (χ3n) is 3.04. The second-order valence-electron chi connectivity index (χ2n) is 4.67. The minimum Gasteiger partial charge on any atom is -0.506 e. The molecule has 128 valence electrons. The Labute approximate surface area is 193 Å². The fourth-order valence-electron chi connectivity index (χ4n) is 1.84. The molecule has 0 saturated heterocycles. The number of hydrogen-bond donors (Lipinski definition) is 3. The van der Waals surface area contributed by atoms with Gasteiger partial charge in [-0.15, -0.1) is 0 Å². The minimum absolute atomic E-state index is 0.233. The Kier molecular flexibility index (Phi) is 7.64. The molecule has 0 aliphatic rings. The van der Waals surface area contributed by atoms with Crippen LogP contribution in [0.5, 0.6) is 17.2 Å². The van der Waals surface area contributed by atoms with E-state index in [0.717, 1.165) is 7.14 Å². The summed E-state index contributed by atoms with van der Waals surface area (Å²) in [4.78, 5) is 11.6. The van der Waals surface area contributed by atoms with Gasteiger partial charge in [0.2, 0.25) is 0 Å². The first-order valence-corrected chi connectivity index (χ1v) is 10.8. The quantitative estimate of drug-likeness (QED) is 0.404. The van der Waals surface area contributed by atoms with E-state index < -0.39 is 12.0 Å². The fourth-order valence-corrected chi connectivity index (χ4v) is 5.59. The molecule has 2 aromatic carbocycles. The predicted molar refractivity (Wildman–Crippen MR) is 125 cm³/mol. The van der Waals surface area contributed by atoms with Gasteiger partial charge in [0.25, 0.3) is 5.91 Å². The number of hydrogen-bond acceptors (Lipinski definition) is 4. The molecule has 0 aliphatic carbocycles. The molecule has 2 rings (SSSR count). The third-order valence-corrected chi connectivity index (χ3v) is 6.29. The molecule has 0 saturated carbocycles. The summed E-state index contributed by atoms with van der Waals surface area (Å²) in [6, 6.07) is 6.93. The third kappa shape index (κ3) is 4.76. The lowest BCUT2D eigenvalue weighted by molar-refractivity contribution is -0.129. The highest BCUT2D eigenvalue weighted by molar-refractivity contribution is 14.1. The lowest BCUT2D eigenvalue weighted by Gasteiger charge is -2.15. The molecule has 0 aromatic heterocycles. The van der Waals surface area contributed by atoms with Crippen LogP contribution in [0.4, 0.5) is 0 Å². The molecular formula is C15H11I4NO4. The van der Waals surface area contributed by atoms with Gasteiger partial charge in [-0.25, -0.2) is 0 Å². The molecule has 9 heteroatoms. The van der Waals surface area contributed by atoms with Crippen LogP contribution in [0.25, 0.3) is 0 Å². The molecule has 0 spiro atoms. The Bertz CT molecular complexity index is 751. The van der Waals surface area contributed by atoms with Gasteiger partial charge in [0.05, 0.1) is 14.3 Å². The van der Waals surface area contributed by atoms with Crippen molar-refractivity contribution < 1.29 is 19.7 Å². The van der Waals surface area contributed by atoms with E-state index in [1.807, 2.05) is 45.2 Å². The summed E-state index contributed by atoms with van der Waals surface area (Å²) in [5, 5.41) is 22.3. The van der Waals surface area contributed by atoms with Gasteiger partial charge in [-0.2, -0.15) is 0 Å². The molecule has 24 heavy (non-hydrogen) atoms. The van der Waals surface area contributed by atoms with Gasteiger partial charge in [0, 0.05) is 7.05 Å². The number of rotatable bonds is 4. The van der Waals surface area contributed by atoms with Gasteiger partial charge >= 0.3 is 0 Å². The van der Waals surface area contributed by atoms with Gasteiger partial charge < -0.3 is 20.3 Å². The second-order valence-corrected chi connectivity index (χ2v) is 9.32. The average Bonchev–Trinajstić information content (AvgIpc) is 2.54. The summed E-state index contributed by atoms with van der Waals surface area (Å²) < 4.78 is 8.91. The van der Waals surface area contributed by atoms with Crippen molar-refractivity contribution in [2.75, 3.05) is 7.05 Å². The lowest BCUT2D eigenvalue weighted by Crippen LogP contribution is -2.25. The lowest BCUT2D eigenvalue weighted by atomic mass is 10.1. The van der Waals surface area contributed by atoms with E-state index in [1.165, 1.54) is 7.05 Å². The molecule has 5 nitrogen and oxygen atoms in total. The maximum absolute atomic E-state index is 11.6. The van der Waals surface area contributed by atoms with Crippen LogP contribution in [0.2, 0.25) is 0 Å². The number of carbonyl (C=O) groups is 1. The Morgan fingerprint density at radius 3 is 2.00 bits per heavy atom. The van der Waals surface area contributed by atoms with Crippen molar-refractivity contribution >= 4 is 96.3 Å². The van der Waals surface area contributed by atoms with Gasteiger partial charge in [0.1, 0.15) is 11.5 Å². The van der Waals surface area contributed by atoms with E-state index in [-0.39, 0.29) is 5.75 Å². The SMILES string of the molecule is CNC(=O)C(O)c1cc(I)c(Oc2cc(I)c(O)c(I)c2)c(I)c1. The van der Waals surface area contributed by atoms with E-state index >= 15 is 0 Å². The molecule has 1 amide bonds. The van der Waals surface area contributed by atoms with Gasteiger partial charge in [-0.3, -0.25) is 4.79 Å². The number of aliphatic hydroxyl groups excluding tert-OH is 1. The topological polar surface area (TPSA) is 78.8 Å². The molecule has 0 aliphatic heterocycles. The number of nitrogens with one attached hydrogen (secondary N) is 1. The number of carbonyl (C=O) groups excluding carboxylic acids is 1. The first kappa shape index (κ1) is 20.7. The number of halogens is 4. The Hall–Kier alpha value is 0.390. The standard InChI is InChI=1S/C15H11I4NO4/c1-20-15(23)12(21)6-2-10(18)14(11(19)3-6)24-7-4-8(16)13(22)9(17)5-7/h2-5,12,21-22H,1H3,(H,20,23). The Balaban J connectivity index is 2.37. The fraction of sp³-hybridized carbons (Fsp3) is 0.133. The van der Waals surface area contributed by atoms with Gasteiger partial charge in [0.15, 0.2) is 11.9 Å². The zero-order chi connectivity index (χ0) is 18.0. The smallest absolute Gasteiger partial charge is 0.253 e. The Morgan fingerprint density at radius 1 is 1.04 bits per heavy atom. The van der Waals surface area contributed by atoms with Crippen LogP contribution >= 0.6 is 90.4 Å². The number of ether oxygens (including phenoxy) is 1. The monoisotopic (exact) mass is 777 g/mol. The summed E-state index contributed by atoms with van der Waals surface area (Å²) in [7, 11) is 1.48. The van der Waals surface area contributed by atoms with Crippen LogP contribution < -0.4 is 10.1 Å².